The Labute approximate surface area is 241 Å². The lowest BCUT2D eigenvalue weighted by Gasteiger charge is -2.18. The summed E-state index contributed by atoms with van der Waals surface area (Å²) in [6, 6.07) is 8.85. The number of ether oxygens (including phenoxy) is 1. The fraction of sp³-hybridized carbons (Fsp3) is 0.333. The van der Waals surface area contributed by atoms with Gasteiger partial charge in [-0.05, 0) is 43.3 Å². The number of halogens is 3. The predicted octanol–water partition coefficient (Wildman–Crippen LogP) is 3.51. The summed E-state index contributed by atoms with van der Waals surface area (Å²) in [7, 11) is 3.44. The van der Waals surface area contributed by atoms with Crippen LogP contribution >= 0.6 is 0 Å². The number of oxazole rings is 1. The lowest BCUT2D eigenvalue weighted by atomic mass is 10.1. The Kier molecular flexibility index (Phi) is 8.43. The molecule has 4 aromatic rings. The number of nitrogens with zero attached hydrogens (tertiary/aromatic N) is 5. The van der Waals surface area contributed by atoms with Gasteiger partial charge in [-0.1, -0.05) is 6.58 Å². The van der Waals surface area contributed by atoms with Crippen LogP contribution in [-0.2, 0) is 17.7 Å². The van der Waals surface area contributed by atoms with E-state index < -0.39 is 33.7 Å². The van der Waals surface area contributed by atoms with Gasteiger partial charge in [0.1, 0.15) is 17.5 Å². The van der Waals surface area contributed by atoms with Crippen LogP contribution in [0.1, 0.15) is 17.7 Å². The van der Waals surface area contributed by atoms with E-state index in [4.69, 9.17) is 9.15 Å². The largest absolute Gasteiger partial charge is 0.610 e. The third kappa shape index (κ3) is 6.69. The molecule has 15 heteroatoms. The fourth-order valence-electron chi connectivity index (χ4n) is 4.39. The van der Waals surface area contributed by atoms with Crippen LogP contribution in [0.3, 0.4) is 0 Å². The van der Waals surface area contributed by atoms with Crippen LogP contribution in [0.2, 0.25) is 0 Å². The van der Waals surface area contributed by atoms with Crippen LogP contribution in [0.25, 0.3) is 16.7 Å². The molecule has 0 amide bonds. The lowest BCUT2D eigenvalue weighted by molar-refractivity contribution is -0.106. The number of hydrogen-bond acceptors (Lipinski definition) is 10. The van der Waals surface area contributed by atoms with Crippen molar-refractivity contribution >= 4 is 39.5 Å². The summed E-state index contributed by atoms with van der Waals surface area (Å²) >= 11 is -2.53. The van der Waals surface area contributed by atoms with Gasteiger partial charge in [0, 0.05) is 54.8 Å². The number of anilines is 2. The van der Waals surface area contributed by atoms with E-state index >= 15 is 0 Å². The molecule has 42 heavy (non-hydrogen) atoms. The maximum Gasteiger partial charge on any atom is 0.433 e. The summed E-state index contributed by atoms with van der Waals surface area (Å²) in [5, 5.41) is 6.41. The van der Waals surface area contributed by atoms with Crippen molar-refractivity contribution in [3.63, 3.8) is 0 Å². The molecular formula is C27H28F3N7O4S. The third-order valence-electron chi connectivity index (χ3n) is 6.52. The van der Waals surface area contributed by atoms with Crippen molar-refractivity contribution < 1.29 is 26.9 Å². The molecule has 1 saturated heterocycles. The van der Waals surface area contributed by atoms with Gasteiger partial charge < -0.3 is 29.2 Å². The Bertz CT molecular complexity index is 1630. The van der Waals surface area contributed by atoms with Gasteiger partial charge in [-0.15, -0.1) is 0 Å². The van der Waals surface area contributed by atoms with E-state index in [1.807, 2.05) is 12.1 Å². The SMILES string of the molecule is C=C(c1cc2cnc(Nc3ccc(OC4CCNC4)cc3)nc2n(Cc2ocnc2[S+]([O-])CC(F)(F)F)c1=O)N(C)C. The van der Waals surface area contributed by atoms with Crippen LogP contribution in [0.4, 0.5) is 24.8 Å². The van der Waals surface area contributed by atoms with Crippen molar-refractivity contribution in [3.05, 3.63) is 71.2 Å². The first-order valence-corrected chi connectivity index (χ1v) is 14.2. The Morgan fingerprint density at radius 3 is 2.74 bits per heavy atom. The highest BCUT2D eigenvalue weighted by molar-refractivity contribution is 7.91. The fourth-order valence-corrected chi connectivity index (χ4v) is 5.35. The second-order valence-corrected chi connectivity index (χ2v) is 11.2. The zero-order valence-electron chi connectivity index (χ0n) is 22.8. The van der Waals surface area contributed by atoms with Gasteiger partial charge >= 0.3 is 6.18 Å². The number of rotatable bonds is 10. The van der Waals surface area contributed by atoms with Crippen molar-refractivity contribution in [2.45, 2.75) is 30.3 Å². The molecule has 2 N–H and O–H groups in total. The molecule has 0 bridgehead atoms. The quantitative estimate of drug-likeness (QED) is 0.260. The third-order valence-corrected chi connectivity index (χ3v) is 7.88. The maximum atomic E-state index is 13.7. The highest BCUT2D eigenvalue weighted by atomic mass is 32.2. The summed E-state index contributed by atoms with van der Waals surface area (Å²) in [5.41, 5.74) is 0.926. The summed E-state index contributed by atoms with van der Waals surface area (Å²) < 4.78 is 63.7. The normalized spacial score (nSPS) is 16.0. The number of aromatic nitrogens is 4. The molecule has 4 heterocycles. The van der Waals surface area contributed by atoms with Gasteiger partial charge in [-0.2, -0.15) is 23.1 Å². The zero-order chi connectivity index (χ0) is 30.0. The molecule has 0 saturated carbocycles. The van der Waals surface area contributed by atoms with E-state index in [0.717, 1.165) is 31.7 Å². The second-order valence-electron chi connectivity index (χ2n) is 9.83. The molecule has 1 aliphatic heterocycles. The number of nitrogens with one attached hydrogen (secondary N) is 2. The number of fused-ring (bicyclic) bond motifs is 1. The smallest absolute Gasteiger partial charge is 0.433 e. The highest BCUT2D eigenvalue weighted by Gasteiger charge is 2.38. The van der Waals surface area contributed by atoms with Crippen LogP contribution in [0, 0.1) is 0 Å². The standard InChI is InChI=1S/C27H28F3N7O4S/c1-16(36(2)3)21-10-17-11-32-26(34-18-4-6-19(7-5-18)41-20-8-9-31-12-20)35-23(17)37(25(21)38)13-22-24(33-15-40-22)42(39)14-27(28,29)30/h4-7,10-11,15,20,31H,1,8-9,12-14H2,2-3H3,(H,32,34,35). The molecule has 222 valence electrons. The first-order valence-electron chi connectivity index (χ1n) is 12.9. The molecule has 2 atom stereocenters. The zero-order valence-corrected chi connectivity index (χ0v) is 23.6. The first kappa shape index (κ1) is 29.4. The van der Waals surface area contributed by atoms with Gasteiger partial charge in [0.2, 0.25) is 17.5 Å². The van der Waals surface area contributed by atoms with Crippen LogP contribution < -0.4 is 20.9 Å². The van der Waals surface area contributed by atoms with E-state index in [0.29, 0.717) is 16.8 Å². The van der Waals surface area contributed by atoms with Crippen molar-refractivity contribution in [3.8, 4) is 5.75 Å². The first-order chi connectivity index (χ1) is 20.0. The average Bonchev–Trinajstić information content (AvgIpc) is 3.62. The van der Waals surface area contributed by atoms with Crippen molar-refractivity contribution in [1.29, 1.82) is 0 Å². The summed E-state index contributed by atoms with van der Waals surface area (Å²) in [4.78, 5) is 28.0. The summed E-state index contributed by atoms with van der Waals surface area (Å²) in [6.45, 7) is 5.31. The van der Waals surface area contributed by atoms with Gasteiger partial charge in [0.15, 0.2) is 6.39 Å². The van der Waals surface area contributed by atoms with Crippen LogP contribution in [0.15, 0.2) is 63.7 Å². The van der Waals surface area contributed by atoms with Crippen molar-refractivity contribution in [2.24, 2.45) is 0 Å². The monoisotopic (exact) mass is 603 g/mol. The van der Waals surface area contributed by atoms with E-state index in [1.165, 1.54) is 10.8 Å². The Morgan fingerprint density at radius 1 is 1.31 bits per heavy atom. The molecule has 1 aromatic carbocycles. The van der Waals surface area contributed by atoms with E-state index in [9.17, 15) is 22.5 Å². The van der Waals surface area contributed by atoms with Crippen LogP contribution in [-0.4, -0.2) is 74.2 Å². The molecule has 0 spiro atoms. The van der Waals surface area contributed by atoms with Gasteiger partial charge in [0.25, 0.3) is 10.6 Å². The highest BCUT2D eigenvalue weighted by Crippen LogP contribution is 2.26. The van der Waals surface area contributed by atoms with Gasteiger partial charge in [-0.3, -0.25) is 9.36 Å². The molecule has 11 nitrogen and oxygen atoms in total. The molecule has 2 unspecified atom stereocenters. The molecular weight excluding hydrogens is 575 g/mol. The Balaban J connectivity index is 1.49. The predicted molar refractivity (Wildman–Crippen MR) is 151 cm³/mol. The number of benzene rings is 1. The lowest BCUT2D eigenvalue weighted by Crippen LogP contribution is -2.28. The molecule has 0 aliphatic carbocycles. The van der Waals surface area contributed by atoms with E-state index in [-0.39, 0.29) is 35.6 Å². The second kappa shape index (κ2) is 12.0. The van der Waals surface area contributed by atoms with E-state index in [1.54, 1.807) is 37.2 Å². The minimum Gasteiger partial charge on any atom is -0.610 e. The molecule has 1 fully saturated rings. The Hall–Kier alpha value is -4.08. The minimum atomic E-state index is -4.68. The van der Waals surface area contributed by atoms with Crippen molar-refractivity contribution in [1.82, 2.24) is 29.7 Å². The Morgan fingerprint density at radius 2 is 2.07 bits per heavy atom. The molecule has 3 aromatic heterocycles. The van der Waals surface area contributed by atoms with Crippen molar-refractivity contribution in [2.75, 3.05) is 38.3 Å². The van der Waals surface area contributed by atoms with Gasteiger partial charge in [0.05, 0.1) is 12.1 Å². The maximum absolute atomic E-state index is 13.7. The topological polar surface area (TPSA) is 133 Å². The van der Waals surface area contributed by atoms with Gasteiger partial charge in [-0.25, -0.2) is 4.98 Å². The van der Waals surface area contributed by atoms with Crippen LogP contribution in [0.5, 0.6) is 5.75 Å². The summed E-state index contributed by atoms with van der Waals surface area (Å²) in [5.74, 6) is -0.865. The number of pyridine rings is 1. The molecule has 5 rings (SSSR count). The number of alkyl halides is 3. The number of hydrogen-bond donors (Lipinski definition) is 2. The molecule has 1 aliphatic rings. The summed E-state index contributed by atoms with van der Waals surface area (Å²) in [6.07, 6.45) is -1.22. The minimum absolute atomic E-state index is 0.119. The van der Waals surface area contributed by atoms with E-state index in [2.05, 4.69) is 32.2 Å². The molecule has 0 radical (unpaired) electrons. The average molecular weight is 604 g/mol.